The lowest BCUT2D eigenvalue weighted by atomic mass is 11.0. The van der Waals surface area contributed by atoms with E-state index in [2.05, 4.69) is 9.40 Å². The van der Waals surface area contributed by atoms with E-state index in [1.165, 1.54) is 12.7 Å². The summed E-state index contributed by atoms with van der Waals surface area (Å²) in [6.07, 6.45) is 2.64. The molecule has 0 saturated carbocycles. The predicted molar refractivity (Wildman–Crippen MR) is 21.5 cm³/mol. The number of nitrogens with zero attached hydrogens (tertiary/aromatic N) is 1. The summed E-state index contributed by atoms with van der Waals surface area (Å²) in [6.45, 7) is 0. The summed E-state index contributed by atoms with van der Waals surface area (Å²) in [7, 11) is 0. The molecule has 0 unspecified atom stereocenters. The molecule has 1 aromatic heterocycles. The summed E-state index contributed by atoms with van der Waals surface area (Å²) >= 11 is 5.25. The molecule has 3 heteroatoms. The first-order valence-electron chi connectivity index (χ1n) is 1.43. The summed E-state index contributed by atoms with van der Waals surface area (Å²) in [6, 6.07) is 0. The second kappa shape index (κ2) is 1.30. The fraction of sp³-hybridized carbons (Fsp3) is 0. The summed E-state index contributed by atoms with van der Waals surface area (Å²) in [4.78, 5) is 3.52. The second-order valence-electron chi connectivity index (χ2n) is 0.811. The van der Waals surface area contributed by atoms with Crippen molar-refractivity contribution in [2.75, 3.05) is 0 Å². The number of halogens is 1. The van der Waals surface area contributed by atoms with E-state index in [0.717, 1.165) is 0 Å². The lowest BCUT2D eigenvalue weighted by Crippen LogP contribution is -1.49. The zero-order valence-corrected chi connectivity index (χ0v) is 3.64. The van der Waals surface area contributed by atoms with Crippen molar-refractivity contribution < 1.29 is 4.42 Å². The molecular formula is C3H2ClNO. The zero-order chi connectivity index (χ0) is 4.41. The maximum atomic E-state index is 5.25. The molecule has 2 nitrogen and oxygen atoms in total. The zero-order valence-electron chi connectivity index (χ0n) is 2.89. The van der Waals surface area contributed by atoms with Crippen molar-refractivity contribution in [2.45, 2.75) is 0 Å². The van der Waals surface area contributed by atoms with E-state index in [4.69, 9.17) is 11.6 Å². The lowest BCUT2D eigenvalue weighted by Gasteiger charge is -1.58. The van der Waals surface area contributed by atoms with Gasteiger partial charge >= 0.3 is 0 Å². The summed E-state index contributed by atoms with van der Waals surface area (Å²) < 4.78 is 4.47. The average Bonchev–Trinajstić information content (AvgIpc) is 1.86. The lowest BCUT2D eigenvalue weighted by molar-refractivity contribution is 0.558. The Hall–Kier alpha value is -0.500. The second-order valence-corrected chi connectivity index (χ2v) is 1.20. The van der Waals surface area contributed by atoms with E-state index in [1.54, 1.807) is 0 Å². The number of hydrogen-bond acceptors (Lipinski definition) is 2. The number of aromatic nitrogens is 1. The fourth-order valence-electron chi connectivity index (χ4n) is 0.198. The Kier molecular flexibility index (Phi) is 0.801. The summed E-state index contributed by atoms with van der Waals surface area (Å²) in [5, 5.41) is 0.398. The Bertz CT molecular complexity index is 114. The molecule has 1 heterocycles. The third-order valence-corrected chi connectivity index (χ3v) is 0.589. The molecule has 0 radical (unpaired) electrons. The van der Waals surface area contributed by atoms with Gasteiger partial charge in [0.1, 0.15) is 6.26 Å². The molecule has 32 valence electrons. The van der Waals surface area contributed by atoms with Gasteiger partial charge in [-0.3, -0.25) is 0 Å². The minimum atomic E-state index is 0.398. The standard InChI is InChI=1S/C3H2ClNO/c4-3-1-6-2-5-3/h1-2H. The predicted octanol–water partition coefficient (Wildman–Crippen LogP) is 1.33. The van der Waals surface area contributed by atoms with Crippen LogP contribution >= 0.6 is 11.6 Å². The van der Waals surface area contributed by atoms with Crippen LogP contribution in [0.4, 0.5) is 0 Å². The van der Waals surface area contributed by atoms with Gasteiger partial charge in [-0.15, -0.1) is 0 Å². The first-order valence-corrected chi connectivity index (χ1v) is 1.81. The normalized spacial score (nSPS) is 8.83. The molecule has 0 aromatic carbocycles. The SMILES string of the molecule is Clc1cocn1. The number of oxazole rings is 1. The van der Waals surface area contributed by atoms with E-state index < -0.39 is 0 Å². The molecule has 0 aliphatic heterocycles. The van der Waals surface area contributed by atoms with Crippen LogP contribution in [0.5, 0.6) is 0 Å². The van der Waals surface area contributed by atoms with Crippen LogP contribution in [-0.2, 0) is 0 Å². The van der Waals surface area contributed by atoms with Crippen LogP contribution in [0.2, 0.25) is 5.15 Å². The van der Waals surface area contributed by atoms with Crippen LogP contribution in [0.15, 0.2) is 17.1 Å². The highest BCUT2D eigenvalue weighted by molar-refractivity contribution is 6.29. The summed E-state index contributed by atoms with van der Waals surface area (Å²) in [5.74, 6) is 0. The Balaban J connectivity index is 3.05. The van der Waals surface area contributed by atoms with Crippen LogP contribution in [0.25, 0.3) is 0 Å². The minimum absolute atomic E-state index is 0.398. The van der Waals surface area contributed by atoms with Gasteiger partial charge in [0, 0.05) is 0 Å². The van der Waals surface area contributed by atoms with Gasteiger partial charge < -0.3 is 4.42 Å². The van der Waals surface area contributed by atoms with Gasteiger partial charge in [0.25, 0.3) is 0 Å². The highest BCUT2D eigenvalue weighted by Gasteiger charge is 1.80. The Morgan fingerprint density at radius 3 is 2.83 bits per heavy atom. The van der Waals surface area contributed by atoms with Gasteiger partial charge in [-0.05, 0) is 0 Å². The largest absolute Gasteiger partial charge is 0.450 e. The maximum Gasteiger partial charge on any atom is 0.181 e. The van der Waals surface area contributed by atoms with Crippen molar-refractivity contribution in [1.29, 1.82) is 0 Å². The Labute approximate surface area is 39.7 Å². The van der Waals surface area contributed by atoms with E-state index >= 15 is 0 Å². The molecule has 0 aliphatic carbocycles. The molecule has 0 atom stereocenters. The topological polar surface area (TPSA) is 26.0 Å². The highest BCUT2D eigenvalue weighted by Crippen LogP contribution is 1.99. The fourth-order valence-corrected chi connectivity index (χ4v) is 0.289. The van der Waals surface area contributed by atoms with Crippen molar-refractivity contribution >= 4 is 11.6 Å². The van der Waals surface area contributed by atoms with E-state index in [9.17, 15) is 0 Å². The third kappa shape index (κ3) is 0.518. The highest BCUT2D eigenvalue weighted by atomic mass is 35.5. The van der Waals surface area contributed by atoms with Crippen LogP contribution in [-0.4, -0.2) is 4.98 Å². The molecule has 0 spiro atoms. The molecule has 1 aromatic rings. The first-order chi connectivity index (χ1) is 2.89. The molecule has 0 amide bonds. The minimum Gasteiger partial charge on any atom is -0.450 e. The van der Waals surface area contributed by atoms with Crippen LogP contribution < -0.4 is 0 Å². The van der Waals surface area contributed by atoms with Crippen molar-refractivity contribution in [3.05, 3.63) is 17.8 Å². The van der Waals surface area contributed by atoms with Gasteiger partial charge in [0.05, 0.1) is 0 Å². The van der Waals surface area contributed by atoms with Gasteiger partial charge in [-0.1, -0.05) is 11.6 Å². The Morgan fingerprint density at radius 1 is 1.83 bits per heavy atom. The van der Waals surface area contributed by atoms with Gasteiger partial charge in [0.15, 0.2) is 11.5 Å². The van der Waals surface area contributed by atoms with Crippen molar-refractivity contribution in [1.82, 2.24) is 4.98 Å². The number of rotatable bonds is 0. The molecule has 0 aliphatic rings. The number of hydrogen-bond donors (Lipinski definition) is 0. The third-order valence-electron chi connectivity index (χ3n) is 0.402. The van der Waals surface area contributed by atoms with Gasteiger partial charge in [-0.25, -0.2) is 4.98 Å². The molecule has 6 heavy (non-hydrogen) atoms. The van der Waals surface area contributed by atoms with E-state index in [-0.39, 0.29) is 0 Å². The van der Waals surface area contributed by atoms with Gasteiger partial charge in [-0.2, -0.15) is 0 Å². The van der Waals surface area contributed by atoms with Crippen LogP contribution in [0.3, 0.4) is 0 Å². The molecule has 0 fully saturated rings. The average molecular weight is 104 g/mol. The molecule has 0 N–H and O–H groups in total. The molecule has 0 saturated heterocycles. The smallest absolute Gasteiger partial charge is 0.181 e. The Morgan fingerprint density at radius 2 is 2.67 bits per heavy atom. The summed E-state index contributed by atoms with van der Waals surface area (Å²) in [5.41, 5.74) is 0. The maximum absolute atomic E-state index is 5.25. The molecule has 1 rings (SSSR count). The van der Waals surface area contributed by atoms with E-state index in [0.29, 0.717) is 5.15 Å². The van der Waals surface area contributed by atoms with E-state index in [1.807, 2.05) is 0 Å². The van der Waals surface area contributed by atoms with Crippen molar-refractivity contribution in [3.8, 4) is 0 Å². The monoisotopic (exact) mass is 103 g/mol. The first kappa shape index (κ1) is 3.68. The van der Waals surface area contributed by atoms with Crippen molar-refractivity contribution in [2.24, 2.45) is 0 Å². The molecule has 0 bridgehead atoms. The van der Waals surface area contributed by atoms with Crippen molar-refractivity contribution in [3.63, 3.8) is 0 Å². The molecular weight excluding hydrogens is 101 g/mol. The van der Waals surface area contributed by atoms with Crippen LogP contribution in [0, 0.1) is 0 Å². The van der Waals surface area contributed by atoms with Crippen LogP contribution in [0.1, 0.15) is 0 Å². The quantitative estimate of drug-likeness (QED) is 0.495. The van der Waals surface area contributed by atoms with Gasteiger partial charge in [0.2, 0.25) is 0 Å².